The SMILES string of the molecule is CCCN(CCC)c1ccc(C=NNC(=O)COc2ccc(C(C)(C)C)cc2C)cc1. The predicted octanol–water partition coefficient (Wildman–Crippen LogP) is 5.45. The number of rotatable bonds is 10. The van der Waals surface area contributed by atoms with E-state index < -0.39 is 0 Å². The largest absolute Gasteiger partial charge is 0.483 e. The second-order valence-corrected chi connectivity index (χ2v) is 8.89. The van der Waals surface area contributed by atoms with Crippen LogP contribution in [-0.4, -0.2) is 31.8 Å². The van der Waals surface area contributed by atoms with Crippen molar-refractivity contribution in [2.75, 3.05) is 24.6 Å². The molecule has 2 aromatic rings. The van der Waals surface area contributed by atoms with E-state index in [0.717, 1.165) is 37.1 Å². The van der Waals surface area contributed by atoms with Crippen molar-refractivity contribution in [3.8, 4) is 5.75 Å². The summed E-state index contributed by atoms with van der Waals surface area (Å²) in [5.74, 6) is 0.427. The Morgan fingerprint density at radius 3 is 2.26 bits per heavy atom. The van der Waals surface area contributed by atoms with Gasteiger partial charge in [0.15, 0.2) is 6.61 Å². The van der Waals surface area contributed by atoms with Gasteiger partial charge in [-0.3, -0.25) is 4.79 Å². The summed E-state index contributed by atoms with van der Waals surface area (Å²) in [4.78, 5) is 14.5. The van der Waals surface area contributed by atoms with E-state index in [-0.39, 0.29) is 17.9 Å². The molecule has 0 bridgehead atoms. The van der Waals surface area contributed by atoms with Crippen molar-refractivity contribution in [2.45, 2.75) is 59.8 Å². The van der Waals surface area contributed by atoms with Crippen LogP contribution in [0.1, 0.15) is 64.2 Å². The van der Waals surface area contributed by atoms with Crippen LogP contribution in [-0.2, 0) is 10.2 Å². The van der Waals surface area contributed by atoms with E-state index in [1.54, 1.807) is 6.21 Å². The minimum atomic E-state index is -0.288. The number of hydrogen-bond acceptors (Lipinski definition) is 4. The lowest BCUT2D eigenvalue weighted by molar-refractivity contribution is -0.123. The summed E-state index contributed by atoms with van der Waals surface area (Å²) in [6.07, 6.45) is 3.89. The summed E-state index contributed by atoms with van der Waals surface area (Å²) >= 11 is 0. The van der Waals surface area contributed by atoms with Gasteiger partial charge in [-0.15, -0.1) is 0 Å². The lowest BCUT2D eigenvalue weighted by Crippen LogP contribution is -2.25. The molecule has 5 nitrogen and oxygen atoms in total. The van der Waals surface area contributed by atoms with Crippen molar-refractivity contribution in [2.24, 2.45) is 5.10 Å². The summed E-state index contributed by atoms with van der Waals surface area (Å²) in [5, 5.41) is 4.05. The Bertz CT molecular complexity index is 861. The van der Waals surface area contributed by atoms with Gasteiger partial charge >= 0.3 is 0 Å². The van der Waals surface area contributed by atoms with Crippen molar-refractivity contribution in [1.82, 2.24) is 5.43 Å². The average molecular weight is 424 g/mol. The number of nitrogens with zero attached hydrogens (tertiary/aromatic N) is 2. The number of ether oxygens (including phenoxy) is 1. The van der Waals surface area contributed by atoms with Gasteiger partial charge in [-0.25, -0.2) is 5.43 Å². The van der Waals surface area contributed by atoms with Crippen molar-refractivity contribution in [3.63, 3.8) is 0 Å². The van der Waals surface area contributed by atoms with Gasteiger partial charge < -0.3 is 9.64 Å². The maximum absolute atomic E-state index is 12.1. The van der Waals surface area contributed by atoms with Crippen molar-refractivity contribution >= 4 is 17.8 Å². The van der Waals surface area contributed by atoms with Crippen LogP contribution in [0.2, 0.25) is 0 Å². The van der Waals surface area contributed by atoms with E-state index in [4.69, 9.17) is 4.74 Å². The number of aryl methyl sites for hydroxylation is 1. The van der Waals surface area contributed by atoms with Gasteiger partial charge in [-0.05, 0) is 60.1 Å². The molecule has 0 radical (unpaired) electrons. The van der Waals surface area contributed by atoms with Gasteiger partial charge in [0.05, 0.1) is 6.21 Å². The summed E-state index contributed by atoms with van der Waals surface area (Å²) in [5.41, 5.74) is 7.02. The monoisotopic (exact) mass is 423 g/mol. The number of carbonyl (C=O) groups excluding carboxylic acids is 1. The fourth-order valence-corrected chi connectivity index (χ4v) is 3.31. The molecular weight excluding hydrogens is 386 g/mol. The first-order chi connectivity index (χ1) is 14.7. The van der Waals surface area contributed by atoms with E-state index in [0.29, 0.717) is 5.75 Å². The second-order valence-electron chi connectivity index (χ2n) is 8.89. The first-order valence-corrected chi connectivity index (χ1v) is 11.2. The van der Waals surface area contributed by atoms with Gasteiger partial charge in [0, 0.05) is 18.8 Å². The van der Waals surface area contributed by atoms with Crippen LogP contribution in [0.15, 0.2) is 47.6 Å². The van der Waals surface area contributed by atoms with Gasteiger partial charge in [-0.1, -0.05) is 58.9 Å². The Labute approximate surface area is 187 Å². The fraction of sp³-hybridized carbons (Fsp3) is 0.462. The molecule has 0 fully saturated rings. The van der Waals surface area contributed by atoms with Crippen LogP contribution in [0.25, 0.3) is 0 Å². The summed E-state index contributed by atoms with van der Waals surface area (Å²) in [7, 11) is 0. The molecule has 0 atom stereocenters. The van der Waals surface area contributed by atoms with E-state index in [9.17, 15) is 4.79 Å². The maximum Gasteiger partial charge on any atom is 0.277 e. The highest BCUT2D eigenvalue weighted by atomic mass is 16.5. The van der Waals surface area contributed by atoms with Crippen LogP contribution in [0.3, 0.4) is 0 Å². The summed E-state index contributed by atoms with van der Waals surface area (Å²) < 4.78 is 5.67. The van der Waals surface area contributed by atoms with Gasteiger partial charge in [0.25, 0.3) is 5.91 Å². The number of hydrogen-bond donors (Lipinski definition) is 1. The molecule has 2 aromatic carbocycles. The molecule has 0 heterocycles. The second kappa shape index (κ2) is 11.5. The third-order valence-electron chi connectivity index (χ3n) is 5.05. The summed E-state index contributed by atoms with van der Waals surface area (Å²) in [6.45, 7) is 14.9. The molecular formula is C26H37N3O2. The highest BCUT2D eigenvalue weighted by Gasteiger charge is 2.15. The average Bonchev–Trinajstić information content (AvgIpc) is 2.72. The molecule has 5 heteroatoms. The van der Waals surface area contributed by atoms with E-state index >= 15 is 0 Å². The van der Waals surface area contributed by atoms with Crippen molar-refractivity contribution in [1.29, 1.82) is 0 Å². The highest BCUT2D eigenvalue weighted by molar-refractivity contribution is 5.83. The molecule has 168 valence electrons. The van der Waals surface area contributed by atoms with Gasteiger partial charge in [0.2, 0.25) is 0 Å². The number of nitrogens with one attached hydrogen (secondary N) is 1. The molecule has 0 unspecified atom stereocenters. The van der Waals surface area contributed by atoms with E-state index in [2.05, 4.69) is 68.2 Å². The molecule has 1 amide bonds. The Balaban J connectivity index is 1.86. The Morgan fingerprint density at radius 1 is 1.06 bits per heavy atom. The minimum Gasteiger partial charge on any atom is -0.483 e. The number of amides is 1. The fourth-order valence-electron chi connectivity index (χ4n) is 3.31. The third kappa shape index (κ3) is 7.74. The number of anilines is 1. The van der Waals surface area contributed by atoms with E-state index in [1.165, 1.54) is 11.3 Å². The van der Waals surface area contributed by atoms with Crippen LogP contribution >= 0.6 is 0 Å². The molecule has 0 spiro atoms. The highest BCUT2D eigenvalue weighted by Crippen LogP contribution is 2.27. The molecule has 0 aliphatic carbocycles. The Hall–Kier alpha value is -2.82. The number of benzene rings is 2. The Morgan fingerprint density at radius 2 is 1.71 bits per heavy atom. The van der Waals surface area contributed by atoms with Crippen LogP contribution in [0, 0.1) is 6.92 Å². The molecule has 0 aliphatic rings. The first kappa shape index (κ1) is 24.4. The van der Waals surface area contributed by atoms with Crippen LogP contribution in [0.4, 0.5) is 5.69 Å². The molecule has 0 saturated heterocycles. The lowest BCUT2D eigenvalue weighted by atomic mass is 9.86. The lowest BCUT2D eigenvalue weighted by Gasteiger charge is -2.23. The standard InChI is InChI=1S/C26H37N3O2/c1-7-15-29(16-8-2)23-12-9-21(10-13-23)18-27-28-25(30)19-31-24-14-11-22(17-20(24)3)26(4,5)6/h9-14,17-18H,7-8,15-16,19H2,1-6H3,(H,28,30). The topological polar surface area (TPSA) is 53.9 Å². The zero-order valence-electron chi connectivity index (χ0n) is 19.9. The minimum absolute atomic E-state index is 0.0744. The third-order valence-corrected chi connectivity index (χ3v) is 5.05. The van der Waals surface area contributed by atoms with Crippen LogP contribution < -0.4 is 15.1 Å². The maximum atomic E-state index is 12.1. The van der Waals surface area contributed by atoms with Crippen molar-refractivity contribution in [3.05, 3.63) is 59.2 Å². The number of carbonyl (C=O) groups is 1. The van der Waals surface area contributed by atoms with E-state index in [1.807, 2.05) is 31.2 Å². The molecule has 0 aromatic heterocycles. The predicted molar refractivity (Wildman–Crippen MR) is 130 cm³/mol. The zero-order valence-corrected chi connectivity index (χ0v) is 19.9. The first-order valence-electron chi connectivity index (χ1n) is 11.2. The summed E-state index contributed by atoms with van der Waals surface area (Å²) in [6, 6.07) is 14.3. The molecule has 1 N–H and O–H groups in total. The van der Waals surface area contributed by atoms with Gasteiger partial charge in [0.1, 0.15) is 5.75 Å². The van der Waals surface area contributed by atoms with Gasteiger partial charge in [-0.2, -0.15) is 5.10 Å². The molecule has 2 rings (SSSR count). The quantitative estimate of drug-likeness (QED) is 0.408. The number of hydrazone groups is 1. The smallest absolute Gasteiger partial charge is 0.277 e. The molecule has 0 saturated carbocycles. The Kier molecular flexibility index (Phi) is 9.10. The van der Waals surface area contributed by atoms with Crippen molar-refractivity contribution < 1.29 is 9.53 Å². The zero-order chi connectivity index (χ0) is 22.9. The normalized spacial score (nSPS) is 11.5. The molecule has 31 heavy (non-hydrogen) atoms. The van der Waals surface area contributed by atoms with Crippen LogP contribution in [0.5, 0.6) is 5.75 Å². The molecule has 0 aliphatic heterocycles.